The van der Waals surface area contributed by atoms with Crippen LogP contribution in [0.1, 0.15) is 134 Å². The van der Waals surface area contributed by atoms with Gasteiger partial charge in [0.05, 0.1) is 0 Å². The van der Waals surface area contributed by atoms with Gasteiger partial charge in [0, 0.05) is 0 Å². The van der Waals surface area contributed by atoms with Crippen molar-refractivity contribution in [3.05, 3.63) is 59.7 Å². The fraction of sp³-hybridized carbons (Fsp3) is 0.636. The topological polar surface area (TPSA) is 0 Å². The van der Waals surface area contributed by atoms with Crippen LogP contribution in [-0.2, 0) is 0 Å². The minimum atomic E-state index is 0. The van der Waals surface area contributed by atoms with Gasteiger partial charge in [0.15, 0.2) is 0 Å². The Balaban J connectivity index is 0.00000306. The van der Waals surface area contributed by atoms with Gasteiger partial charge in [-0.2, -0.15) is 0 Å². The van der Waals surface area contributed by atoms with Crippen molar-refractivity contribution in [2.24, 2.45) is 11.8 Å². The highest BCUT2D eigenvalue weighted by molar-refractivity contribution is 5.64. The van der Waals surface area contributed by atoms with E-state index in [-0.39, 0.29) is 7.43 Å². The van der Waals surface area contributed by atoms with Crippen molar-refractivity contribution in [3.8, 4) is 11.1 Å². The molecule has 0 aromatic heterocycles. The smallest absolute Gasteiger partial charge is 0.0162 e. The molecule has 0 heteroatoms. The van der Waals surface area contributed by atoms with Crippen LogP contribution in [0.4, 0.5) is 0 Å². The summed E-state index contributed by atoms with van der Waals surface area (Å²) in [5.74, 6) is 3.57. The van der Waals surface area contributed by atoms with E-state index >= 15 is 0 Å². The highest BCUT2D eigenvalue weighted by Gasteiger charge is 2.23. The summed E-state index contributed by atoms with van der Waals surface area (Å²) in [4.78, 5) is 0. The molecule has 2 saturated carbocycles. The van der Waals surface area contributed by atoms with E-state index in [0.717, 1.165) is 23.7 Å². The molecule has 0 amide bonds. The zero-order valence-corrected chi connectivity index (χ0v) is 20.8. The highest BCUT2D eigenvalue weighted by Crippen LogP contribution is 2.39. The normalized spacial score (nSPS) is 25.4. The van der Waals surface area contributed by atoms with Crippen LogP contribution in [0.2, 0.25) is 0 Å². The molecule has 0 unspecified atom stereocenters. The molecule has 2 aliphatic rings. The van der Waals surface area contributed by atoms with Crippen molar-refractivity contribution in [3.63, 3.8) is 0 Å². The number of benzene rings is 2. The van der Waals surface area contributed by atoms with Gasteiger partial charge < -0.3 is 0 Å². The summed E-state index contributed by atoms with van der Waals surface area (Å²) in [6.45, 7) is 4.64. The summed E-state index contributed by atoms with van der Waals surface area (Å²) in [6.07, 6.45) is 19.8. The van der Waals surface area contributed by atoms with Crippen LogP contribution in [0.25, 0.3) is 11.1 Å². The Hall–Kier alpha value is -1.56. The Bertz CT molecular complexity index is 768. The fourth-order valence-electron chi connectivity index (χ4n) is 6.56. The van der Waals surface area contributed by atoms with Crippen molar-refractivity contribution < 1.29 is 0 Å². The molecule has 0 saturated heterocycles. The first-order chi connectivity index (χ1) is 15.8. The van der Waals surface area contributed by atoms with Crippen molar-refractivity contribution in [2.75, 3.05) is 0 Å². The molecule has 2 fully saturated rings. The molecule has 0 aliphatic heterocycles. The van der Waals surface area contributed by atoms with Crippen molar-refractivity contribution in [1.29, 1.82) is 0 Å². The molecule has 0 nitrogen and oxygen atoms in total. The van der Waals surface area contributed by atoms with Gasteiger partial charge in [-0.1, -0.05) is 108 Å². The molecule has 182 valence electrons. The second-order valence-corrected chi connectivity index (χ2v) is 11.0. The summed E-state index contributed by atoms with van der Waals surface area (Å²) >= 11 is 0. The average Bonchev–Trinajstić information content (AvgIpc) is 2.86. The molecular weight excluding hydrogens is 396 g/mol. The summed E-state index contributed by atoms with van der Waals surface area (Å²) < 4.78 is 0. The lowest BCUT2D eigenvalue weighted by atomic mass is 9.76. The molecule has 0 bridgehead atoms. The third-order valence-electron chi connectivity index (χ3n) is 8.70. The SMILES string of the molecule is C.CCCCCC1CCC(c2ccc(-c3ccc(C4CCC(CCC)CC4)cc3)cc2)CC1. The third kappa shape index (κ3) is 7.21. The van der Waals surface area contributed by atoms with Crippen LogP contribution in [0.5, 0.6) is 0 Å². The standard InChI is InChI=1S/C32H46.CH4/c1-3-5-6-8-26-11-15-28(16-12-26)30-19-23-32(24-20-30)31-21-17-29(18-22-31)27-13-9-25(7-4-2)10-14-27;/h17-28H,3-16H2,1-2H3;1H4. The lowest BCUT2D eigenvalue weighted by Gasteiger charge is -2.29. The minimum Gasteiger partial charge on any atom is -0.0776 e. The molecule has 0 atom stereocenters. The summed E-state index contributed by atoms with van der Waals surface area (Å²) in [6, 6.07) is 19.1. The van der Waals surface area contributed by atoms with Crippen molar-refractivity contribution in [2.45, 2.75) is 123 Å². The second kappa shape index (κ2) is 13.4. The van der Waals surface area contributed by atoms with Gasteiger partial charge in [-0.15, -0.1) is 0 Å². The van der Waals surface area contributed by atoms with E-state index in [1.807, 2.05) is 0 Å². The molecule has 0 N–H and O–H groups in total. The van der Waals surface area contributed by atoms with E-state index in [9.17, 15) is 0 Å². The Morgan fingerprint density at radius 3 is 1.33 bits per heavy atom. The average molecular weight is 447 g/mol. The molecule has 2 aromatic carbocycles. The second-order valence-electron chi connectivity index (χ2n) is 11.0. The lowest BCUT2D eigenvalue weighted by Crippen LogP contribution is -2.13. The van der Waals surface area contributed by atoms with E-state index in [1.54, 1.807) is 11.1 Å². The molecule has 0 spiro atoms. The minimum absolute atomic E-state index is 0. The first-order valence-corrected chi connectivity index (χ1v) is 14.0. The fourth-order valence-corrected chi connectivity index (χ4v) is 6.56. The first-order valence-electron chi connectivity index (χ1n) is 14.0. The van der Waals surface area contributed by atoms with Gasteiger partial charge in [-0.25, -0.2) is 0 Å². The number of hydrogen-bond donors (Lipinski definition) is 0. The Morgan fingerprint density at radius 1 is 0.515 bits per heavy atom. The lowest BCUT2D eigenvalue weighted by molar-refractivity contribution is 0.303. The van der Waals surface area contributed by atoms with Gasteiger partial charge in [-0.05, 0) is 97.3 Å². The van der Waals surface area contributed by atoms with Crippen molar-refractivity contribution in [1.82, 2.24) is 0 Å². The maximum atomic E-state index is 2.42. The van der Waals surface area contributed by atoms with E-state index < -0.39 is 0 Å². The molecule has 0 heterocycles. The Labute approximate surface area is 205 Å². The Morgan fingerprint density at radius 2 is 0.939 bits per heavy atom. The number of rotatable bonds is 9. The number of unbranched alkanes of at least 4 members (excludes halogenated alkanes) is 2. The van der Waals surface area contributed by atoms with Crippen LogP contribution in [0.3, 0.4) is 0 Å². The maximum Gasteiger partial charge on any atom is -0.0162 e. The molecule has 4 rings (SSSR count). The molecule has 33 heavy (non-hydrogen) atoms. The monoisotopic (exact) mass is 446 g/mol. The maximum absolute atomic E-state index is 2.42. The Kier molecular flexibility index (Phi) is 10.5. The van der Waals surface area contributed by atoms with Crippen molar-refractivity contribution >= 4 is 0 Å². The van der Waals surface area contributed by atoms with Gasteiger partial charge in [0.2, 0.25) is 0 Å². The zero-order chi connectivity index (χ0) is 22.2. The molecule has 2 aliphatic carbocycles. The zero-order valence-electron chi connectivity index (χ0n) is 20.8. The van der Waals surface area contributed by atoms with Crippen LogP contribution >= 0.6 is 0 Å². The van der Waals surface area contributed by atoms with Gasteiger partial charge >= 0.3 is 0 Å². The van der Waals surface area contributed by atoms with Crippen LogP contribution < -0.4 is 0 Å². The number of hydrogen-bond acceptors (Lipinski definition) is 0. The van der Waals surface area contributed by atoms with Crippen LogP contribution in [0, 0.1) is 11.8 Å². The third-order valence-corrected chi connectivity index (χ3v) is 8.70. The summed E-state index contributed by atoms with van der Waals surface area (Å²) in [5, 5.41) is 0. The largest absolute Gasteiger partial charge is 0.0776 e. The molecule has 0 radical (unpaired) electrons. The van der Waals surface area contributed by atoms with E-state index in [2.05, 4.69) is 62.4 Å². The highest BCUT2D eigenvalue weighted by atomic mass is 14.3. The predicted octanol–water partition coefficient (Wildman–Crippen LogP) is 10.9. The van der Waals surface area contributed by atoms with E-state index in [0.29, 0.717) is 0 Å². The van der Waals surface area contributed by atoms with Crippen LogP contribution in [-0.4, -0.2) is 0 Å². The summed E-state index contributed by atoms with van der Waals surface area (Å²) in [5.41, 5.74) is 5.89. The van der Waals surface area contributed by atoms with E-state index in [1.165, 1.54) is 101 Å². The quantitative estimate of drug-likeness (QED) is 0.336. The van der Waals surface area contributed by atoms with Crippen LogP contribution in [0.15, 0.2) is 48.5 Å². The molecular formula is C33H50. The predicted molar refractivity (Wildman–Crippen MR) is 147 cm³/mol. The van der Waals surface area contributed by atoms with Gasteiger partial charge in [-0.3, -0.25) is 0 Å². The van der Waals surface area contributed by atoms with Gasteiger partial charge in [0.25, 0.3) is 0 Å². The van der Waals surface area contributed by atoms with Gasteiger partial charge in [0.1, 0.15) is 0 Å². The van der Waals surface area contributed by atoms with E-state index in [4.69, 9.17) is 0 Å². The molecule has 2 aromatic rings. The summed E-state index contributed by atoms with van der Waals surface area (Å²) in [7, 11) is 0. The first kappa shape index (κ1) is 26.1.